The number of ketones is 1. The number of Topliss-reactive ketones (excluding diaryl/α,β-unsaturated/α-hetero) is 1. The first-order chi connectivity index (χ1) is 13.7. The summed E-state index contributed by atoms with van der Waals surface area (Å²) >= 11 is 7.74. The van der Waals surface area contributed by atoms with Crippen molar-refractivity contribution in [3.8, 4) is 10.9 Å². The first kappa shape index (κ1) is 19.2. The van der Waals surface area contributed by atoms with Crippen LogP contribution in [0.1, 0.15) is 28.9 Å². The minimum atomic E-state index is -0.0515. The lowest BCUT2D eigenvalue weighted by Gasteiger charge is -2.32. The smallest absolute Gasteiger partial charge is 0.193 e. The lowest BCUT2D eigenvalue weighted by atomic mass is 9.89. The van der Waals surface area contributed by atoms with E-state index in [2.05, 4.69) is 20.5 Å². The van der Waals surface area contributed by atoms with Gasteiger partial charge in [-0.25, -0.2) is 4.98 Å². The van der Waals surface area contributed by atoms with Crippen LogP contribution in [-0.4, -0.2) is 40.4 Å². The lowest BCUT2D eigenvalue weighted by Crippen LogP contribution is -2.38. The predicted octanol–water partition coefficient (Wildman–Crippen LogP) is 4.69. The van der Waals surface area contributed by atoms with Crippen molar-refractivity contribution in [1.82, 2.24) is 14.5 Å². The van der Waals surface area contributed by atoms with Gasteiger partial charge in [0.15, 0.2) is 10.9 Å². The quantitative estimate of drug-likeness (QED) is 0.548. The molecular weight excluding hydrogens is 394 g/mol. The highest BCUT2D eigenvalue weighted by atomic mass is 35.5. The SMILES string of the molecule is COc1ccc(Cl)cc1C(=O)C1CCCN(Cc2cccn2-c2nccs2)C1. The molecule has 1 fully saturated rings. The Morgan fingerprint density at radius 1 is 1.39 bits per heavy atom. The van der Waals surface area contributed by atoms with E-state index >= 15 is 0 Å². The summed E-state index contributed by atoms with van der Waals surface area (Å²) < 4.78 is 7.50. The molecule has 0 amide bonds. The van der Waals surface area contributed by atoms with E-state index in [1.54, 1.807) is 36.6 Å². The number of hydrogen-bond donors (Lipinski definition) is 0. The largest absolute Gasteiger partial charge is 0.496 e. The van der Waals surface area contributed by atoms with Crippen LogP contribution in [0.5, 0.6) is 5.75 Å². The molecule has 1 aliphatic rings. The number of halogens is 1. The third kappa shape index (κ3) is 3.99. The zero-order valence-corrected chi connectivity index (χ0v) is 17.2. The molecule has 0 spiro atoms. The molecule has 0 radical (unpaired) electrons. The number of piperidine rings is 1. The molecule has 146 valence electrons. The molecule has 0 bridgehead atoms. The van der Waals surface area contributed by atoms with Crippen LogP contribution >= 0.6 is 22.9 Å². The Morgan fingerprint density at radius 2 is 2.29 bits per heavy atom. The summed E-state index contributed by atoms with van der Waals surface area (Å²) in [6.45, 7) is 2.51. The minimum Gasteiger partial charge on any atom is -0.496 e. The summed E-state index contributed by atoms with van der Waals surface area (Å²) in [5.74, 6) is 0.646. The molecule has 0 saturated carbocycles. The van der Waals surface area contributed by atoms with Gasteiger partial charge in [-0.05, 0) is 49.7 Å². The second-order valence-corrected chi connectivity index (χ2v) is 8.28. The van der Waals surface area contributed by atoms with Crippen LogP contribution in [0.2, 0.25) is 5.02 Å². The third-order valence-corrected chi connectivity index (χ3v) is 6.15. The predicted molar refractivity (Wildman–Crippen MR) is 112 cm³/mol. The van der Waals surface area contributed by atoms with E-state index in [1.165, 1.54) is 5.69 Å². The van der Waals surface area contributed by atoms with Crippen molar-refractivity contribution in [3.05, 3.63) is 64.4 Å². The molecule has 7 heteroatoms. The van der Waals surface area contributed by atoms with E-state index < -0.39 is 0 Å². The maximum absolute atomic E-state index is 13.2. The summed E-state index contributed by atoms with van der Waals surface area (Å²) in [5.41, 5.74) is 1.76. The normalized spacial score (nSPS) is 17.6. The highest BCUT2D eigenvalue weighted by Crippen LogP contribution is 2.29. The zero-order valence-electron chi connectivity index (χ0n) is 15.7. The molecule has 1 atom stereocenters. The van der Waals surface area contributed by atoms with Crippen LogP contribution in [0, 0.1) is 5.92 Å². The van der Waals surface area contributed by atoms with Gasteiger partial charge in [0.1, 0.15) is 5.75 Å². The van der Waals surface area contributed by atoms with Gasteiger partial charge in [-0.15, -0.1) is 11.3 Å². The van der Waals surface area contributed by atoms with E-state index in [0.29, 0.717) is 16.3 Å². The molecule has 3 heterocycles. The van der Waals surface area contributed by atoms with Gasteiger partial charge in [-0.1, -0.05) is 11.6 Å². The van der Waals surface area contributed by atoms with Crippen molar-refractivity contribution in [2.75, 3.05) is 20.2 Å². The fourth-order valence-electron chi connectivity index (χ4n) is 3.80. The number of methoxy groups -OCH3 is 1. The van der Waals surface area contributed by atoms with Crippen LogP contribution in [0.3, 0.4) is 0 Å². The van der Waals surface area contributed by atoms with Gasteiger partial charge in [0, 0.05) is 47.5 Å². The highest BCUT2D eigenvalue weighted by molar-refractivity contribution is 7.12. The molecular formula is C21H22ClN3O2S. The fraction of sp³-hybridized carbons (Fsp3) is 0.333. The number of hydrogen-bond acceptors (Lipinski definition) is 5. The molecule has 0 N–H and O–H groups in total. The van der Waals surface area contributed by atoms with Gasteiger partial charge in [0.25, 0.3) is 0 Å². The maximum atomic E-state index is 13.2. The summed E-state index contributed by atoms with van der Waals surface area (Å²) in [7, 11) is 1.58. The zero-order chi connectivity index (χ0) is 19.5. The average Bonchev–Trinajstić information content (AvgIpc) is 3.39. The van der Waals surface area contributed by atoms with E-state index in [9.17, 15) is 4.79 Å². The van der Waals surface area contributed by atoms with Crippen molar-refractivity contribution in [3.63, 3.8) is 0 Å². The van der Waals surface area contributed by atoms with Crippen LogP contribution in [0.4, 0.5) is 0 Å². The molecule has 3 aromatic rings. The van der Waals surface area contributed by atoms with Crippen molar-refractivity contribution in [2.24, 2.45) is 5.92 Å². The Morgan fingerprint density at radius 3 is 3.07 bits per heavy atom. The fourth-order valence-corrected chi connectivity index (χ4v) is 4.63. The highest BCUT2D eigenvalue weighted by Gasteiger charge is 2.29. The van der Waals surface area contributed by atoms with E-state index in [1.807, 2.05) is 23.8 Å². The topological polar surface area (TPSA) is 47.4 Å². The van der Waals surface area contributed by atoms with Crippen LogP contribution < -0.4 is 4.74 Å². The van der Waals surface area contributed by atoms with E-state index in [-0.39, 0.29) is 11.7 Å². The molecule has 4 rings (SSSR count). The molecule has 0 aliphatic carbocycles. The van der Waals surface area contributed by atoms with E-state index in [4.69, 9.17) is 16.3 Å². The number of nitrogens with zero attached hydrogens (tertiary/aromatic N) is 3. The van der Waals surface area contributed by atoms with Gasteiger partial charge >= 0.3 is 0 Å². The number of carbonyl (C=O) groups is 1. The van der Waals surface area contributed by atoms with Gasteiger partial charge in [0.05, 0.1) is 12.7 Å². The second kappa shape index (κ2) is 8.47. The van der Waals surface area contributed by atoms with Gasteiger partial charge < -0.3 is 4.74 Å². The monoisotopic (exact) mass is 415 g/mol. The maximum Gasteiger partial charge on any atom is 0.193 e. The third-order valence-electron chi connectivity index (χ3n) is 5.15. The number of aromatic nitrogens is 2. The second-order valence-electron chi connectivity index (χ2n) is 6.97. The molecule has 28 heavy (non-hydrogen) atoms. The van der Waals surface area contributed by atoms with Gasteiger partial charge in [0.2, 0.25) is 0 Å². The number of carbonyl (C=O) groups excluding carboxylic acids is 1. The standard InChI is InChI=1S/C21H22ClN3O2S/c1-27-19-7-6-16(22)12-18(19)20(26)15-4-2-9-24(13-15)14-17-5-3-10-25(17)21-23-8-11-28-21/h3,5-8,10-12,15H,2,4,9,13-14H2,1H3. The van der Waals surface area contributed by atoms with Crippen molar-refractivity contribution >= 4 is 28.7 Å². The van der Waals surface area contributed by atoms with Gasteiger partial charge in [-0.3, -0.25) is 14.3 Å². The Labute approximate surface area is 173 Å². The van der Waals surface area contributed by atoms with Crippen molar-refractivity contribution in [2.45, 2.75) is 19.4 Å². The Hall–Kier alpha value is -2.15. The number of rotatable bonds is 6. The summed E-state index contributed by atoms with van der Waals surface area (Å²) in [6.07, 6.45) is 5.74. The summed E-state index contributed by atoms with van der Waals surface area (Å²) in [5, 5.41) is 3.50. The number of likely N-dealkylation sites (tertiary alicyclic amines) is 1. The Balaban J connectivity index is 1.49. The number of ether oxygens (including phenoxy) is 1. The number of thiazole rings is 1. The first-order valence-corrected chi connectivity index (χ1v) is 10.6. The Kier molecular flexibility index (Phi) is 5.80. The molecule has 1 aliphatic heterocycles. The van der Waals surface area contributed by atoms with Gasteiger partial charge in [-0.2, -0.15) is 0 Å². The van der Waals surface area contributed by atoms with Crippen LogP contribution in [0.25, 0.3) is 5.13 Å². The first-order valence-electron chi connectivity index (χ1n) is 9.32. The number of benzene rings is 1. The molecule has 2 aromatic heterocycles. The molecule has 1 aromatic carbocycles. The molecule has 5 nitrogen and oxygen atoms in total. The minimum absolute atomic E-state index is 0.0515. The van der Waals surface area contributed by atoms with E-state index in [0.717, 1.165) is 37.6 Å². The molecule has 1 saturated heterocycles. The summed E-state index contributed by atoms with van der Waals surface area (Å²) in [6, 6.07) is 9.39. The van der Waals surface area contributed by atoms with Crippen LogP contribution in [-0.2, 0) is 6.54 Å². The Bertz CT molecular complexity index is 954. The van der Waals surface area contributed by atoms with Crippen LogP contribution in [0.15, 0.2) is 48.1 Å². The lowest BCUT2D eigenvalue weighted by molar-refractivity contribution is 0.0806. The van der Waals surface area contributed by atoms with Crippen molar-refractivity contribution < 1.29 is 9.53 Å². The summed E-state index contributed by atoms with van der Waals surface area (Å²) in [4.78, 5) is 19.9. The average molecular weight is 416 g/mol. The molecule has 1 unspecified atom stereocenters. The van der Waals surface area contributed by atoms with Crippen molar-refractivity contribution in [1.29, 1.82) is 0 Å².